The van der Waals surface area contributed by atoms with Crippen molar-refractivity contribution in [2.24, 2.45) is 5.41 Å². The van der Waals surface area contributed by atoms with E-state index in [0.717, 1.165) is 6.54 Å². The van der Waals surface area contributed by atoms with Crippen LogP contribution in [0.3, 0.4) is 0 Å². The van der Waals surface area contributed by atoms with Crippen LogP contribution in [0.1, 0.15) is 32.6 Å². The summed E-state index contributed by atoms with van der Waals surface area (Å²) in [6.45, 7) is 3.22. The Bertz CT molecular complexity index is 454. The average Bonchev–Trinajstić information content (AvgIpc) is 2.58. The van der Waals surface area contributed by atoms with Crippen LogP contribution in [0.5, 0.6) is 0 Å². The van der Waals surface area contributed by atoms with Gasteiger partial charge in [0.05, 0.1) is 0 Å². The number of aromatic nitrogens is 2. The van der Waals surface area contributed by atoms with E-state index in [9.17, 15) is 4.79 Å². The van der Waals surface area contributed by atoms with Crippen molar-refractivity contribution >= 4 is 12.2 Å². The Hall–Kier alpha value is -0.900. The van der Waals surface area contributed by atoms with Gasteiger partial charge < -0.3 is 4.57 Å². The van der Waals surface area contributed by atoms with E-state index in [1.807, 2.05) is 4.57 Å². The predicted molar refractivity (Wildman–Crippen MR) is 62.5 cm³/mol. The first-order valence-electron chi connectivity index (χ1n) is 5.39. The summed E-state index contributed by atoms with van der Waals surface area (Å²) in [6.07, 6.45) is 6.94. The van der Waals surface area contributed by atoms with Gasteiger partial charge in [-0.25, -0.2) is 0 Å². The van der Waals surface area contributed by atoms with Gasteiger partial charge in [-0.1, -0.05) is 19.8 Å². The molecule has 1 aliphatic carbocycles. The van der Waals surface area contributed by atoms with Crippen molar-refractivity contribution in [3.8, 4) is 0 Å². The van der Waals surface area contributed by atoms with E-state index in [1.54, 1.807) is 6.20 Å². The minimum atomic E-state index is -0.118. The molecule has 4 heteroatoms. The third-order valence-electron chi connectivity index (χ3n) is 3.26. The smallest absolute Gasteiger partial charge is 0.251 e. The number of H-pyrrole nitrogens is 1. The molecule has 0 radical (unpaired) electrons. The second-order valence-corrected chi connectivity index (χ2v) is 5.14. The molecule has 0 aliphatic heterocycles. The maximum Gasteiger partial charge on any atom is 0.251 e. The van der Waals surface area contributed by atoms with Crippen LogP contribution >= 0.6 is 12.2 Å². The van der Waals surface area contributed by atoms with E-state index in [4.69, 9.17) is 12.2 Å². The Labute approximate surface area is 94.1 Å². The van der Waals surface area contributed by atoms with Crippen LogP contribution in [-0.4, -0.2) is 9.55 Å². The molecular weight excluding hydrogens is 208 g/mol. The fourth-order valence-electron chi connectivity index (χ4n) is 2.37. The van der Waals surface area contributed by atoms with Crippen LogP contribution in [0.2, 0.25) is 0 Å². The van der Waals surface area contributed by atoms with Crippen molar-refractivity contribution in [3.63, 3.8) is 0 Å². The van der Waals surface area contributed by atoms with E-state index in [1.165, 1.54) is 31.7 Å². The molecule has 1 aromatic rings. The molecule has 2 rings (SSSR count). The summed E-state index contributed by atoms with van der Waals surface area (Å²) in [6, 6.07) is 1.54. The lowest BCUT2D eigenvalue weighted by atomic mass is 9.89. The van der Waals surface area contributed by atoms with E-state index in [0.29, 0.717) is 10.2 Å². The van der Waals surface area contributed by atoms with Crippen molar-refractivity contribution in [1.29, 1.82) is 0 Å². The molecule has 0 saturated heterocycles. The number of aromatic amines is 1. The van der Waals surface area contributed by atoms with Crippen LogP contribution in [0.25, 0.3) is 0 Å². The topological polar surface area (TPSA) is 37.8 Å². The number of hydrogen-bond acceptors (Lipinski definition) is 2. The zero-order valence-corrected chi connectivity index (χ0v) is 9.77. The van der Waals surface area contributed by atoms with E-state index in [2.05, 4.69) is 11.9 Å². The summed E-state index contributed by atoms with van der Waals surface area (Å²) in [4.78, 5) is 13.7. The summed E-state index contributed by atoms with van der Waals surface area (Å²) in [5.74, 6) is 0. The zero-order valence-electron chi connectivity index (χ0n) is 8.95. The molecule has 3 nitrogen and oxygen atoms in total. The lowest BCUT2D eigenvalue weighted by Gasteiger charge is -2.24. The van der Waals surface area contributed by atoms with Gasteiger partial charge in [-0.15, -0.1) is 0 Å². The predicted octanol–water partition coefficient (Wildman–Crippen LogP) is 2.49. The molecule has 1 heterocycles. The van der Waals surface area contributed by atoms with Gasteiger partial charge in [0.15, 0.2) is 4.77 Å². The maximum absolute atomic E-state index is 11.0. The van der Waals surface area contributed by atoms with Gasteiger partial charge in [-0.3, -0.25) is 9.78 Å². The third-order valence-corrected chi connectivity index (χ3v) is 3.60. The number of hydrogen-bond donors (Lipinski definition) is 1. The molecule has 0 atom stereocenters. The molecule has 0 bridgehead atoms. The summed E-state index contributed by atoms with van der Waals surface area (Å²) < 4.78 is 2.51. The largest absolute Gasteiger partial charge is 0.325 e. The molecule has 1 N–H and O–H groups in total. The summed E-state index contributed by atoms with van der Waals surface area (Å²) in [5, 5.41) is 0. The summed E-state index contributed by atoms with van der Waals surface area (Å²) in [5.41, 5.74) is 0.240. The second-order valence-electron chi connectivity index (χ2n) is 4.76. The minimum absolute atomic E-state index is 0.118. The second kappa shape index (κ2) is 3.93. The van der Waals surface area contributed by atoms with Crippen LogP contribution in [-0.2, 0) is 6.54 Å². The summed E-state index contributed by atoms with van der Waals surface area (Å²) in [7, 11) is 0. The minimum Gasteiger partial charge on any atom is -0.325 e. The van der Waals surface area contributed by atoms with E-state index in [-0.39, 0.29) is 5.56 Å². The molecule has 0 aromatic carbocycles. The zero-order chi connectivity index (χ0) is 10.9. The molecule has 1 fully saturated rings. The molecule has 1 aliphatic rings. The van der Waals surface area contributed by atoms with Crippen LogP contribution in [0.15, 0.2) is 17.1 Å². The highest BCUT2D eigenvalue weighted by molar-refractivity contribution is 7.71. The number of rotatable bonds is 2. The fourth-order valence-corrected chi connectivity index (χ4v) is 2.59. The van der Waals surface area contributed by atoms with Gasteiger partial charge in [0.2, 0.25) is 0 Å². The molecular formula is C11H16N2OS. The monoisotopic (exact) mass is 224 g/mol. The molecule has 15 heavy (non-hydrogen) atoms. The standard InChI is InChI=1S/C11H16N2OS/c1-11(5-2-3-6-11)8-13-7-4-9(14)12-10(13)15/h4,7H,2-3,5-6,8H2,1H3,(H,12,14,15). The van der Waals surface area contributed by atoms with Gasteiger partial charge in [0, 0.05) is 18.8 Å². The first kappa shape index (κ1) is 10.6. The van der Waals surface area contributed by atoms with Crippen LogP contribution in [0.4, 0.5) is 0 Å². The van der Waals surface area contributed by atoms with Crippen LogP contribution in [0, 0.1) is 10.2 Å². The van der Waals surface area contributed by atoms with E-state index >= 15 is 0 Å². The number of nitrogens with zero attached hydrogens (tertiary/aromatic N) is 1. The molecule has 0 spiro atoms. The van der Waals surface area contributed by atoms with Crippen molar-refractivity contribution < 1.29 is 0 Å². The Morgan fingerprint density at radius 1 is 1.53 bits per heavy atom. The van der Waals surface area contributed by atoms with Gasteiger partial charge in [0.25, 0.3) is 5.56 Å². The lowest BCUT2D eigenvalue weighted by molar-refractivity contribution is 0.278. The molecule has 1 aromatic heterocycles. The Morgan fingerprint density at radius 3 is 2.80 bits per heavy atom. The third kappa shape index (κ3) is 2.37. The van der Waals surface area contributed by atoms with Crippen molar-refractivity contribution in [3.05, 3.63) is 27.4 Å². The summed E-state index contributed by atoms with van der Waals surface area (Å²) >= 11 is 5.13. The average molecular weight is 224 g/mol. The van der Waals surface area contributed by atoms with Crippen molar-refractivity contribution in [2.75, 3.05) is 0 Å². The van der Waals surface area contributed by atoms with Crippen molar-refractivity contribution in [2.45, 2.75) is 39.2 Å². The highest BCUT2D eigenvalue weighted by Crippen LogP contribution is 2.38. The number of nitrogens with one attached hydrogen (secondary N) is 1. The van der Waals surface area contributed by atoms with Crippen molar-refractivity contribution in [1.82, 2.24) is 9.55 Å². The fraction of sp³-hybridized carbons (Fsp3) is 0.636. The van der Waals surface area contributed by atoms with E-state index < -0.39 is 0 Å². The van der Waals surface area contributed by atoms with Gasteiger partial charge >= 0.3 is 0 Å². The molecule has 0 amide bonds. The Morgan fingerprint density at radius 2 is 2.20 bits per heavy atom. The van der Waals surface area contributed by atoms with Crippen LogP contribution < -0.4 is 5.56 Å². The van der Waals surface area contributed by atoms with Gasteiger partial charge in [-0.2, -0.15) is 0 Å². The highest BCUT2D eigenvalue weighted by atomic mass is 32.1. The highest BCUT2D eigenvalue weighted by Gasteiger charge is 2.28. The molecule has 82 valence electrons. The first-order valence-corrected chi connectivity index (χ1v) is 5.80. The quantitative estimate of drug-likeness (QED) is 0.784. The molecule has 0 unspecified atom stereocenters. The SMILES string of the molecule is CC1(Cn2ccc(=O)[nH]c2=S)CCCC1. The normalized spacial score (nSPS) is 19.3. The molecule has 1 saturated carbocycles. The first-order chi connectivity index (χ1) is 7.09. The van der Waals surface area contributed by atoms with Gasteiger partial charge in [0.1, 0.15) is 0 Å². The Balaban J connectivity index is 2.24. The lowest BCUT2D eigenvalue weighted by Crippen LogP contribution is -2.22. The Kier molecular flexibility index (Phi) is 2.78. The maximum atomic E-state index is 11.0. The van der Waals surface area contributed by atoms with Gasteiger partial charge in [-0.05, 0) is 30.5 Å².